The fourth-order valence-corrected chi connectivity index (χ4v) is 8.45. The highest BCUT2D eigenvalue weighted by atomic mass is 16.7. The fourth-order valence-electron chi connectivity index (χ4n) is 8.45. The quantitative estimate of drug-likeness (QED) is 0.188. The van der Waals surface area contributed by atoms with E-state index in [0.29, 0.717) is 65.6 Å². The number of oxime groups is 2. The van der Waals surface area contributed by atoms with Crippen molar-refractivity contribution in [2.75, 3.05) is 43.1 Å². The van der Waals surface area contributed by atoms with Gasteiger partial charge in [0, 0.05) is 54.2 Å². The van der Waals surface area contributed by atoms with Gasteiger partial charge in [-0.3, -0.25) is 29.0 Å². The Bertz CT molecular complexity index is 2420. The summed E-state index contributed by atoms with van der Waals surface area (Å²) in [5, 5.41) is 15.0. The summed E-state index contributed by atoms with van der Waals surface area (Å²) in [6.45, 7) is 10.0. The third-order valence-electron chi connectivity index (χ3n) is 12.1. The lowest BCUT2D eigenvalue weighted by molar-refractivity contribution is -0.131. The van der Waals surface area contributed by atoms with Crippen molar-refractivity contribution in [3.05, 3.63) is 113 Å². The van der Waals surface area contributed by atoms with E-state index in [1.807, 2.05) is 13.0 Å². The molecule has 15 nitrogen and oxygen atoms in total. The molecular formula is C47H52N8O7. The van der Waals surface area contributed by atoms with Gasteiger partial charge < -0.3 is 25.0 Å². The topological polar surface area (TPSA) is 177 Å². The van der Waals surface area contributed by atoms with Gasteiger partial charge >= 0.3 is 0 Å². The van der Waals surface area contributed by atoms with E-state index in [0.717, 1.165) is 49.9 Å². The lowest BCUT2D eigenvalue weighted by atomic mass is 9.88. The smallest absolute Gasteiger partial charge is 0.259 e. The number of nitrogens with one attached hydrogen (secondary N) is 2. The van der Waals surface area contributed by atoms with Crippen molar-refractivity contribution in [2.45, 2.75) is 89.5 Å². The Morgan fingerprint density at radius 3 is 1.85 bits per heavy atom. The zero-order valence-electron chi connectivity index (χ0n) is 35.8. The Labute approximate surface area is 360 Å². The SMILES string of the molecule is COc1cccnc1N(C(=O)c1ccc(C2=NOC(C)(CCc3cnc(N(C(=O)c4ccc(C5=NOC(C)(C)C5=O)cc4)C4CCCNC4)c(C)c3)C2=O)cc1)C1CCCNC1. The highest BCUT2D eigenvalue weighted by Crippen LogP contribution is 2.33. The van der Waals surface area contributed by atoms with Crippen molar-refractivity contribution >= 4 is 46.4 Å². The summed E-state index contributed by atoms with van der Waals surface area (Å²) in [7, 11) is 1.56. The molecule has 0 spiro atoms. The molecule has 0 radical (unpaired) electrons. The van der Waals surface area contributed by atoms with Gasteiger partial charge in [0.1, 0.15) is 5.82 Å². The number of rotatable bonds is 12. The van der Waals surface area contributed by atoms with Gasteiger partial charge in [-0.25, -0.2) is 9.97 Å². The number of pyridine rings is 2. The lowest BCUT2D eigenvalue weighted by Crippen LogP contribution is -2.49. The number of carbonyl (C=O) groups is 4. The molecule has 6 heterocycles. The van der Waals surface area contributed by atoms with Crippen molar-refractivity contribution in [3.63, 3.8) is 0 Å². The molecule has 4 aliphatic rings. The highest BCUT2D eigenvalue weighted by molar-refractivity contribution is 6.50. The van der Waals surface area contributed by atoms with E-state index in [9.17, 15) is 19.2 Å². The zero-order chi connectivity index (χ0) is 43.6. The molecule has 2 aromatic heterocycles. The van der Waals surface area contributed by atoms with Gasteiger partial charge in [0.2, 0.25) is 11.6 Å². The molecular weight excluding hydrogens is 789 g/mol. The van der Waals surface area contributed by atoms with Crippen molar-refractivity contribution < 1.29 is 33.6 Å². The Morgan fingerprint density at radius 1 is 0.774 bits per heavy atom. The Balaban J connectivity index is 0.944. The number of methoxy groups -OCH3 is 1. The first kappa shape index (κ1) is 42.4. The predicted octanol–water partition coefficient (Wildman–Crippen LogP) is 5.37. The molecule has 2 N–H and O–H groups in total. The van der Waals surface area contributed by atoms with Crippen molar-refractivity contribution in [1.82, 2.24) is 20.6 Å². The van der Waals surface area contributed by atoms with Crippen LogP contribution in [0.25, 0.3) is 0 Å². The van der Waals surface area contributed by atoms with Crippen LogP contribution in [-0.4, -0.2) is 101 Å². The predicted molar refractivity (Wildman–Crippen MR) is 234 cm³/mol. The first-order chi connectivity index (χ1) is 29.9. The van der Waals surface area contributed by atoms with Crippen molar-refractivity contribution in [1.29, 1.82) is 0 Å². The molecule has 0 bridgehead atoms. The molecule has 322 valence electrons. The van der Waals surface area contributed by atoms with E-state index in [1.165, 1.54) is 0 Å². The number of nitrogens with zero attached hydrogens (tertiary/aromatic N) is 6. The summed E-state index contributed by atoms with van der Waals surface area (Å²) in [5.41, 5.74) is 1.93. The van der Waals surface area contributed by atoms with E-state index in [4.69, 9.17) is 19.4 Å². The maximum absolute atomic E-state index is 14.3. The van der Waals surface area contributed by atoms with Gasteiger partial charge in [-0.2, -0.15) is 0 Å². The molecule has 0 aliphatic carbocycles. The normalized spacial score (nSPS) is 22.0. The minimum Gasteiger partial charge on any atom is -0.493 e. The number of carbonyl (C=O) groups excluding carboxylic acids is 4. The number of amides is 2. The number of benzene rings is 2. The van der Waals surface area contributed by atoms with Crippen molar-refractivity contribution in [3.8, 4) is 5.75 Å². The summed E-state index contributed by atoms with van der Waals surface area (Å²) in [5.74, 6) is 0.653. The van der Waals surface area contributed by atoms with Gasteiger partial charge in [-0.15, -0.1) is 0 Å². The van der Waals surface area contributed by atoms with Crippen LogP contribution in [0.4, 0.5) is 11.6 Å². The molecule has 4 aromatic rings. The molecule has 2 aromatic carbocycles. The van der Waals surface area contributed by atoms with Gasteiger partial charge in [-0.1, -0.05) is 40.6 Å². The molecule has 3 atom stereocenters. The van der Waals surface area contributed by atoms with Gasteiger partial charge in [0.25, 0.3) is 11.8 Å². The second kappa shape index (κ2) is 17.6. The van der Waals surface area contributed by atoms with Crippen LogP contribution in [0.15, 0.2) is 89.4 Å². The number of hydrogen-bond acceptors (Lipinski definition) is 13. The monoisotopic (exact) mass is 840 g/mol. The molecule has 15 heteroatoms. The van der Waals surface area contributed by atoms with E-state index in [-0.39, 0.29) is 46.9 Å². The summed E-state index contributed by atoms with van der Waals surface area (Å²) in [6, 6.07) is 19.1. The first-order valence-electron chi connectivity index (χ1n) is 21.2. The van der Waals surface area contributed by atoms with Crippen LogP contribution in [0.5, 0.6) is 5.75 Å². The van der Waals surface area contributed by atoms with Crippen LogP contribution in [0.2, 0.25) is 0 Å². The first-order valence-corrected chi connectivity index (χ1v) is 21.2. The van der Waals surface area contributed by atoms with Crippen LogP contribution in [0.3, 0.4) is 0 Å². The van der Waals surface area contributed by atoms with E-state index < -0.39 is 11.2 Å². The Hall–Kier alpha value is -6.32. The van der Waals surface area contributed by atoms with Gasteiger partial charge in [0.15, 0.2) is 34.2 Å². The van der Waals surface area contributed by atoms with E-state index in [2.05, 4.69) is 25.9 Å². The Kier molecular flexibility index (Phi) is 12.0. The van der Waals surface area contributed by atoms with Gasteiger partial charge in [-0.05, 0) is 120 Å². The highest BCUT2D eigenvalue weighted by Gasteiger charge is 2.45. The lowest BCUT2D eigenvalue weighted by Gasteiger charge is -2.35. The minimum absolute atomic E-state index is 0.111. The molecule has 3 unspecified atom stereocenters. The molecule has 2 amide bonds. The summed E-state index contributed by atoms with van der Waals surface area (Å²) < 4.78 is 5.58. The molecule has 2 saturated heterocycles. The number of Topliss-reactive ketones (excluding diaryl/α,β-unsaturated/α-hetero) is 2. The van der Waals surface area contributed by atoms with E-state index >= 15 is 0 Å². The zero-order valence-corrected chi connectivity index (χ0v) is 35.8. The van der Waals surface area contributed by atoms with Crippen LogP contribution >= 0.6 is 0 Å². The maximum atomic E-state index is 14.3. The van der Waals surface area contributed by atoms with Crippen molar-refractivity contribution in [2.24, 2.45) is 10.3 Å². The minimum atomic E-state index is -1.21. The summed E-state index contributed by atoms with van der Waals surface area (Å²) in [4.78, 5) is 79.1. The fraction of sp³-hybridized carbons (Fsp3) is 0.404. The third-order valence-corrected chi connectivity index (χ3v) is 12.1. The molecule has 2 fully saturated rings. The summed E-state index contributed by atoms with van der Waals surface area (Å²) in [6.07, 6.45) is 7.69. The molecule has 0 saturated carbocycles. The largest absolute Gasteiger partial charge is 0.493 e. The average Bonchev–Trinajstić information content (AvgIpc) is 3.75. The number of anilines is 2. The van der Waals surface area contributed by atoms with Crippen LogP contribution in [-0.2, 0) is 25.7 Å². The Morgan fingerprint density at radius 2 is 1.34 bits per heavy atom. The van der Waals surface area contributed by atoms with Gasteiger partial charge in [0.05, 0.1) is 19.2 Å². The second-order valence-electron chi connectivity index (χ2n) is 17.0. The third kappa shape index (κ3) is 8.34. The second-order valence-corrected chi connectivity index (χ2v) is 17.0. The van der Waals surface area contributed by atoms with Crippen LogP contribution in [0, 0.1) is 6.92 Å². The molecule has 62 heavy (non-hydrogen) atoms. The average molecular weight is 841 g/mol. The number of ketones is 2. The number of aryl methyl sites for hydroxylation is 2. The number of ether oxygens (including phenoxy) is 1. The number of hydrogen-bond donors (Lipinski definition) is 2. The standard InChI is InChI=1S/C47H52N8O7/c1-29-25-30(26-51-42(29)54(35-9-6-22-48-27-35)44(58)33-16-12-31(13-17-33)38-40(56)46(2,3)61-52-38)20-21-47(4)41(57)39(53-62-47)32-14-18-34(19-15-32)45(59)55(36-10-7-23-49-28-36)43-37(60-5)11-8-24-50-43/h8,11-19,24-26,35-36,48-49H,6-7,9-10,20-23,27-28H2,1-5H3. The maximum Gasteiger partial charge on any atom is 0.259 e. The van der Waals surface area contributed by atoms with E-state index in [1.54, 1.807) is 111 Å². The number of piperidine rings is 2. The molecule has 4 aliphatic heterocycles. The van der Waals surface area contributed by atoms with Crippen LogP contribution < -0.4 is 25.2 Å². The number of aromatic nitrogens is 2. The molecule has 8 rings (SSSR count). The van der Waals surface area contributed by atoms with Crippen LogP contribution in [0.1, 0.15) is 95.8 Å². The summed E-state index contributed by atoms with van der Waals surface area (Å²) >= 11 is 0.